The molecule has 0 spiro atoms. The van der Waals surface area contributed by atoms with Gasteiger partial charge < -0.3 is 30.3 Å². The molecule has 4 aliphatic rings. The number of methoxy groups -OCH3 is 1. The van der Waals surface area contributed by atoms with E-state index in [2.05, 4.69) is 20.6 Å². The van der Waals surface area contributed by atoms with E-state index in [1.54, 1.807) is 44.1 Å². The highest BCUT2D eigenvalue weighted by atomic mass is 35.5. The van der Waals surface area contributed by atoms with Crippen LogP contribution >= 0.6 is 11.6 Å². The van der Waals surface area contributed by atoms with Gasteiger partial charge in [-0.05, 0) is 137 Å². The molecule has 1 aliphatic carbocycles. The molecule has 358 valence electrons. The standard InChI is InChI=1S/C49H58ClF3N8O6/c1-28(35-20-36(49(51,52)53)23-37(54)21-35)55-45-39-24-38(43(66-3)25-41(39)56-29(2)57-45)32-4-6-33(7-5-32)46(63)59-15-10-30(11-16-59)26-67-27-31-12-17-60(18-13-31)47(64)34-8-9-40(50)42(22-34)61-19-14-44(62)58-48(61)65/h8-9,20-25,28,30-33H,4-7,10-19,26-27,54H2,1-3H3,(H,55,56,57)(H,58,62,65)/t28-,32?,33?/m1/s1/i26D2. The molecule has 67 heavy (non-hydrogen) atoms. The van der Waals surface area contributed by atoms with Gasteiger partial charge in [0.15, 0.2) is 0 Å². The molecule has 14 nitrogen and oxygen atoms in total. The largest absolute Gasteiger partial charge is 0.496 e. The molecule has 3 aromatic carbocycles. The number of halogens is 4. The molecule has 0 bridgehead atoms. The number of nitrogens with two attached hydrogens (primary N) is 1. The number of likely N-dealkylation sites (tertiary alicyclic amines) is 2. The minimum Gasteiger partial charge on any atom is -0.496 e. The first-order valence-electron chi connectivity index (χ1n) is 24.0. The number of carbonyl (C=O) groups is 4. The van der Waals surface area contributed by atoms with Crippen LogP contribution in [0.25, 0.3) is 10.9 Å². The molecule has 4 fully saturated rings. The van der Waals surface area contributed by atoms with Crippen molar-refractivity contribution in [3.63, 3.8) is 0 Å². The summed E-state index contributed by atoms with van der Waals surface area (Å²) in [6, 6.07) is 11.0. The number of ether oxygens (including phenoxy) is 2. The summed E-state index contributed by atoms with van der Waals surface area (Å²) >= 11 is 6.38. The molecule has 5 amide bonds. The molecule has 3 saturated heterocycles. The number of fused-ring (bicyclic) bond motifs is 1. The number of hydrogen-bond acceptors (Lipinski definition) is 10. The van der Waals surface area contributed by atoms with Gasteiger partial charge in [0.1, 0.15) is 17.4 Å². The lowest BCUT2D eigenvalue weighted by Gasteiger charge is -2.37. The van der Waals surface area contributed by atoms with Gasteiger partial charge in [-0.3, -0.25) is 24.6 Å². The zero-order chi connectivity index (χ0) is 49.4. The number of piperidine rings is 2. The van der Waals surface area contributed by atoms with Crippen molar-refractivity contribution >= 4 is 63.4 Å². The molecule has 0 unspecified atom stereocenters. The fourth-order valence-electron chi connectivity index (χ4n) is 9.82. The van der Waals surface area contributed by atoms with Crippen molar-refractivity contribution in [2.75, 3.05) is 68.9 Å². The van der Waals surface area contributed by atoms with Gasteiger partial charge in [-0.15, -0.1) is 0 Å². The molecule has 8 rings (SSSR count). The Morgan fingerprint density at radius 1 is 0.940 bits per heavy atom. The predicted molar refractivity (Wildman–Crippen MR) is 249 cm³/mol. The summed E-state index contributed by atoms with van der Waals surface area (Å²) in [6.07, 6.45) is 0.614. The molecule has 3 aliphatic heterocycles. The number of imide groups is 1. The molecule has 1 aromatic heterocycles. The monoisotopic (exact) mass is 948 g/mol. The highest BCUT2D eigenvalue weighted by Crippen LogP contribution is 2.43. The lowest BCUT2D eigenvalue weighted by molar-refractivity contribution is -0.138. The van der Waals surface area contributed by atoms with Crippen molar-refractivity contribution in [1.82, 2.24) is 25.1 Å². The van der Waals surface area contributed by atoms with E-state index in [0.717, 1.165) is 30.5 Å². The summed E-state index contributed by atoms with van der Waals surface area (Å²) in [5.74, 6) is 0.723. The van der Waals surface area contributed by atoms with Gasteiger partial charge in [0.25, 0.3) is 5.91 Å². The molecule has 1 atom stereocenters. The number of rotatable bonds is 12. The molecule has 0 radical (unpaired) electrons. The number of aromatic nitrogens is 2. The van der Waals surface area contributed by atoms with Crippen molar-refractivity contribution in [3.8, 4) is 5.75 Å². The maximum Gasteiger partial charge on any atom is 0.416 e. The molecule has 18 heteroatoms. The molecule has 4 N–H and O–H groups in total. The van der Waals surface area contributed by atoms with Crippen molar-refractivity contribution in [3.05, 3.63) is 81.6 Å². The number of hydrogen-bond donors (Lipinski definition) is 3. The van der Waals surface area contributed by atoms with Gasteiger partial charge in [-0.1, -0.05) is 11.6 Å². The van der Waals surface area contributed by atoms with E-state index >= 15 is 0 Å². The SMILES string of the molecule is [2H]C([2H])(OCC1CCN(C(=O)c2ccc(Cl)c(N3CCC(=O)NC3=O)c2)CC1)C1CCN(C(=O)C2CCC(c3cc4c(N[C@H](C)c5cc(N)cc(C(F)(F)F)c5)nc(C)nc4cc3OC)CC2)CC1. The fourth-order valence-corrected chi connectivity index (χ4v) is 10.0. The van der Waals surface area contributed by atoms with Crippen LogP contribution in [0.1, 0.15) is 112 Å². The van der Waals surface area contributed by atoms with Crippen LogP contribution in [0.5, 0.6) is 5.75 Å². The normalized spacial score (nSPS) is 21.1. The maximum atomic E-state index is 13.9. The number of nitrogens with zero attached hydrogens (tertiary/aromatic N) is 5. The van der Waals surface area contributed by atoms with Crippen LogP contribution in [0.15, 0.2) is 48.5 Å². The number of benzene rings is 3. The van der Waals surface area contributed by atoms with E-state index < -0.39 is 30.4 Å². The number of nitrogen functional groups attached to an aromatic ring is 1. The van der Waals surface area contributed by atoms with Crippen LogP contribution in [0.4, 0.5) is 35.2 Å². The first kappa shape index (κ1) is 45.1. The van der Waals surface area contributed by atoms with Gasteiger partial charge in [0, 0.05) is 80.9 Å². The minimum absolute atomic E-state index is 0.0100. The second-order valence-electron chi connectivity index (χ2n) is 18.2. The van der Waals surface area contributed by atoms with Crippen molar-refractivity contribution in [1.29, 1.82) is 0 Å². The summed E-state index contributed by atoms with van der Waals surface area (Å²) in [6.45, 7) is 3.80. The molecular formula is C49H58ClF3N8O6. The van der Waals surface area contributed by atoms with Gasteiger partial charge in [-0.25, -0.2) is 14.8 Å². The topological polar surface area (TPSA) is 172 Å². The van der Waals surface area contributed by atoms with E-state index in [1.807, 2.05) is 17.0 Å². The quantitative estimate of drug-likeness (QED) is 0.117. The van der Waals surface area contributed by atoms with Gasteiger partial charge >= 0.3 is 12.2 Å². The Balaban J connectivity index is 0.813. The van der Waals surface area contributed by atoms with Gasteiger partial charge in [0.2, 0.25) is 11.8 Å². The van der Waals surface area contributed by atoms with Crippen LogP contribution in [-0.4, -0.2) is 96.5 Å². The van der Waals surface area contributed by atoms with Crippen molar-refractivity contribution < 1.29 is 44.6 Å². The van der Waals surface area contributed by atoms with E-state index in [4.69, 9.17) is 29.5 Å². The van der Waals surface area contributed by atoms with E-state index in [-0.39, 0.29) is 66.7 Å². The van der Waals surface area contributed by atoms with Crippen LogP contribution in [0, 0.1) is 24.7 Å². The van der Waals surface area contributed by atoms with E-state index in [1.165, 1.54) is 11.0 Å². The highest BCUT2D eigenvalue weighted by molar-refractivity contribution is 6.34. The number of anilines is 3. The Labute approximate surface area is 395 Å². The molecule has 4 aromatic rings. The predicted octanol–water partition coefficient (Wildman–Crippen LogP) is 8.90. The van der Waals surface area contributed by atoms with Crippen LogP contribution in [0.3, 0.4) is 0 Å². The Morgan fingerprint density at radius 2 is 1.64 bits per heavy atom. The van der Waals surface area contributed by atoms with Gasteiger partial charge in [0.05, 0.1) is 37.7 Å². The number of alkyl halides is 3. The summed E-state index contributed by atoms with van der Waals surface area (Å²) < 4.78 is 70.4. The lowest BCUT2D eigenvalue weighted by atomic mass is 9.77. The third-order valence-electron chi connectivity index (χ3n) is 13.6. The lowest BCUT2D eigenvalue weighted by Crippen LogP contribution is -2.49. The van der Waals surface area contributed by atoms with Crippen molar-refractivity contribution in [2.24, 2.45) is 17.8 Å². The third-order valence-corrected chi connectivity index (χ3v) is 14.0. The zero-order valence-corrected chi connectivity index (χ0v) is 38.6. The zero-order valence-electron chi connectivity index (χ0n) is 39.9. The van der Waals surface area contributed by atoms with E-state index in [9.17, 15) is 32.3 Å². The first-order chi connectivity index (χ1) is 32.8. The summed E-state index contributed by atoms with van der Waals surface area (Å²) in [4.78, 5) is 65.7. The molecule has 1 saturated carbocycles. The smallest absolute Gasteiger partial charge is 0.416 e. The fraction of sp³-hybridized carbons (Fsp3) is 0.510. The first-order valence-corrected chi connectivity index (χ1v) is 23.4. The average Bonchev–Trinajstić information content (AvgIpc) is 3.32. The average molecular weight is 950 g/mol. The Hall–Kier alpha value is -5.68. The minimum atomic E-state index is -4.55. The Morgan fingerprint density at radius 3 is 2.33 bits per heavy atom. The summed E-state index contributed by atoms with van der Waals surface area (Å²) in [5.41, 5.74) is 7.72. The second-order valence-corrected chi connectivity index (χ2v) is 18.6. The molecule has 4 heterocycles. The number of nitrogens with one attached hydrogen (secondary N) is 2. The van der Waals surface area contributed by atoms with Gasteiger partial charge in [-0.2, -0.15) is 13.2 Å². The number of carbonyl (C=O) groups excluding carboxylic acids is 4. The van der Waals surface area contributed by atoms with Crippen molar-refractivity contribution in [2.45, 2.75) is 89.8 Å². The van der Waals surface area contributed by atoms with E-state index in [0.29, 0.717) is 115 Å². The third kappa shape index (κ3) is 11.0. The van der Waals surface area contributed by atoms with Crippen LogP contribution in [-0.2, 0) is 20.5 Å². The Kier molecular flexibility index (Phi) is 13.7. The summed E-state index contributed by atoms with van der Waals surface area (Å²) in [7, 11) is 1.60. The van der Waals surface area contributed by atoms with Crippen LogP contribution in [0.2, 0.25) is 5.02 Å². The highest BCUT2D eigenvalue weighted by Gasteiger charge is 2.35. The summed E-state index contributed by atoms with van der Waals surface area (Å²) in [5, 5.41) is 6.56. The van der Waals surface area contributed by atoms with Crippen LogP contribution < -0.4 is 26.0 Å². The number of aryl methyl sites for hydroxylation is 1. The molecular weight excluding hydrogens is 889 g/mol. The number of urea groups is 1. The Bertz CT molecular complexity index is 2600. The number of amides is 5. The maximum absolute atomic E-state index is 13.9. The second kappa shape index (κ2) is 20.3.